The third kappa shape index (κ3) is 4.03. The first-order valence-corrected chi connectivity index (χ1v) is 8.54. The largest absolute Gasteiger partial charge is 0.376 e. The summed E-state index contributed by atoms with van der Waals surface area (Å²) in [4.78, 5) is 8.65. The summed E-state index contributed by atoms with van der Waals surface area (Å²) >= 11 is 0. The van der Waals surface area contributed by atoms with E-state index in [-0.39, 0.29) is 6.10 Å². The lowest BCUT2D eigenvalue weighted by Gasteiger charge is -2.35. The molecule has 2 aromatic heterocycles. The average Bonchev–Trinajstić information content (AvgIpc) is 2.99. The van der Waals surface area contributed by atoms with Crippen molar-refractivity contribution in [3.63, 3.8) is 0 Å². The zero-order valence-corrected chi connectivity index (χ0v) is 14.6. The zero-order chi connectivity index (χ0) is 16.9. The first-order valence-electron chi connectivity index (χ1n) is 8.54. The Morgan fingerprint density at radius 1 is 1.33 bits per heavy atom. The second-order valence-corrected chi connectivity index (χ2v) is 6.56. The Morgan fingerprint density at radius 3 is 2.92 bits per heavy atom. The van der Waals surface area contributed by atoms with Crippen LogP contribution >= 0.6 is 0 Å². The van der Waals surface area contributed by atoms with Gasteiger partial charge in [0.2, 0.25) is 0 Å². The molecule has 2 N–H and O–H groups in total. The molecule has 1 fully saturated rings. The molecule has 0 saturated carbocycles. The van der Waals surface area contributed by atoms with E-state index in [9.17, 15) is 0 Å². The van der Waals surface area contributed by atoms with Gasteiger partial charge in [-0.25, -0.2) is 9.97 Å². The molecule has 7 heteroatoms. The van der Waals surface area contributed by atoms with Gasteiger partial charge in [0.05, 0.1) is 24.4 Å². The lowest BCUT2D eigenvalue weighted by atomic mass is 9.94. The molecular formula is C17H26N6O. The molecule has 1 saturated heterocycles. The number of aryl methyl sites for hydroxylation is 1. The topological polar surface area (TPSA) is 76.9 Å². The molecule has 24 heavy (non-hydrogen) atoms. The van der Waals surface area contributed by atoms with Crippen LogP contribution in [0.5, 0.6) is 0 Å². The molecule has 0 aromatic carbocycles. The fourth-order valence-corrected chi connectivity index (χ4v) is 3.09. The van der Waals surface area contributed by atoms with Crippen LogP contribution in [-0.2, 0) is 18.3 Å². The SMILES string of the molecule is CC(C)[C@@H]1OCCC[C@H]1Nc1cc(NCc2ccnn2C)ncn1. The molecule has 0 radical (unpaired) electrons. The molecule has 0 unspecified atom stereocenters. The second kappa shape index (κ2) is 7.61. The van der Waals surface area contributed by atoms with E-state index < -0.39 is 0 Å². The van der Waals surface area contributed by atoms with Gasteiger partial charge in [-0.3, -0.25) is 4.68 Å². The fourth-order valence-electron chi connectivity index (χ4n) is 3.09. The Balaban J connectivity index is 1.63. The lowest BCUT2D eigenvalue weighted by molar-refractivity contribution is -0.0203. The number of rotatable bonds is 6. The van der Waals surface area contributed by atoms with Gasteiger partial charge in [-0.1, -0.05) is 13.8 Å². The van der Waals surface area contributed by atoms with E-state index in [0.29, 0.717) is 18.5 Å². The highest BCUT2D eigenvalue weighted by Crippen LogP contribution is 2.24. The van der Waals surface area contributed by atoms with Crippen molar-refractivity contribution in [2.75, 3.05) is 17.2 Å². The van der Waals surface area contributed by atoms with E-state index in [4.69, 9.17) is 4.74 Å². The second-order valence-electron chi connectivity index (χ2n) is 6.56. The molecule has 3 heterocycles. The molecular weight excluding hydrogens is 304 g/mol. The molecule has 1 aliphatic heterocycles. The van der Waals surface area contributed by atoms with Gasteiger partial charge in [-0.15, -0.1) is 0 Å². The molecule has 2 atom stereocenters. The number of hydrogen-bond donors (Lipinski definition) is 2. The van der Waals surface area contributed by atoms with E-state index >= 15 is 0 Å². The maximum Gasteiger partial charge on any atom is 0.131 e. The van der Waals surface area contributed by atoms with E-state index in [1.54, 1.807) is 12.5 Å². The van der Waals surface area contributed by atoms with E-state index in [0.717, 1.165) is 36.8 Å². The van der Waals surface area contributed by atoms with Crippen LogP contribution in [0, 0.1) is 5.92 Å². The predicted molar refractivity (Wildman–Crippen MR) is 93.8 cm³/mol. The van der Waals surface area contributed by atoms with E-state index in [2.05, 4.69) is 39.5 Å². The standard InChI is InChI=1S/C17H26N6O/c1-12(2)17-14(5-4-8-24-17)22-16-9-15(19-11-20-16)18-10-13-6-7-21-23(13)3/h6-7,9,11-12,14,17H,4-5,8,10H2,1-3H3,(H2,18,19,20,22)/t14-,17+/m1/s1. The van der Waals surface area contributed by atoms with Crippen molar-refractivity contribution in [1.82, 2.24) is 19.7 Å². The minimum Gasteiger partial charge on any atom is -0.376 e. The molecule has 0 spiro atoms. The predicted octanol–water partition coefficient (Wildman–Crippen LogP) is 2.44. The van der Waals surface area contributed by atoms with Crippen LogP contribution < -0.4 is 10.6 Å². The van der Waals surface area contributed by atoms with Gasteiger partial charge in [-0.05, 0) is 24.8 Å². The van der Waals surface area contributed by atoms with Gasteiger partial charge < -0.3 is 15.4 Å². The minimum atomic E-state index is 0.222. The van der Waals surface area contributed by atoms with Gasteiger partial charge in [0.1, 0.15) is 18.0 Å². The van der Waals surface area contributed by atoms with Crippen molar-refractivity contribution in [3.8, 4) is 0 Å². The van der Waals surface area contributed by atoms with E-state index in [1.807, 2.05) is 23.9 Å². The molecule has 2 aromatic rings. The summed E-state index contributed by atoms with van der Waals surface area (Å²) in [5.41, 5.74) is 1.10. The maximum absolute atomic E-state index is 5.93. The summed E-state index contributed by atoms with van der Waals surface area (Å²) in [6, 6.07) is 4.22. The van der Waals surface area contributed by atoms with Crippen LogP contribution in [0.25, 0.3) is 0 Å². The third-order valence-corrected chi connectivity index (χ3v) is 4.40. The van der Waals surface area contributed by atoms with E-state index in [1.165, 1.54) is 0 Å². The molecule has 3 rings (SSSR count). The molecule has 1 aliphatic rings. The highest BCUT2D eigenvalue weighted by Gasteiger charge is 2.28. The van der Waals surface area contributed by atoms with Gasteiger partial charge in [0.15, 0.2) is 0 Å². The van der Waals surface area contributed by atoms with Crippen LogP contribution in [0.2, 0.25) is 0 Å². The van der Waals surface area contributed by atoms with Crippen LogP contribution in [0.1, 0.15) is 32.4 Å². The summed E-state index contributed by atoms with van der Waals surface area (Å²) < 4.78 is 7.78. The van der Waals surface area contributed by atoms with Crippen LogP contribution in [-0.4, -0.2) is 38.5 Å². The van der Waals surface area contributed by atoms with Crippen LogP contribution in [0.3, 0.4) is 0 Å². The summed E-state index contributed by atoms with van der Waals surface area (Å²) in [7, 11) is 1.93. The number of anilines is 2. The van der Waals surface area contributed by atoms with Gasteiger partial charge in [0.25, 0.3) is 0 Å². The molecule has 0 amide bonds. The quantitative estimate of drug-likeness (QED) is 0.847. The summed E-state index contributed by atoms with van der Waals surface area (Å²) in [6.07, 6.45) is 5.78. The Kier molecular flexibility index (Phi) is 5.30. The van der Waals surface area contributed by atoms with Crippen molar-refractivity contribution < 1.29 is 4.74 Å². The Hall–Kier alpha value is -2.15. The van der Waals surface area contributed by atoms with Crippen molar-refractivity contribution in [2.24, 2.45) is 13.0 Å². The Labute approximate surface area is 142 Å². The van der Waals surface area contributed by atoms with Crippen LogP contribution in [0.4, 0.5) is 11.6 Å². The summed E-state index contributed by atoms with van der Waals surface area (Å²) in [5, 5.41) is 11.0. The van der Waals surface area contributed by atoms with Crippen molar-refractivity contribution in [2.45, 2.75) is 45.4 Å². The average molecular weight is 330 g/mol. The van der Waals surface area contributed by atoms with Crippen molar-refractivity contribution in [3.05, 3.63) is 30.4 Å². The smallest absolute Gasteiger partial charge is 0.131 e. The molecule has 0 aliphatic carbocycles. The summed E-state index contributed by atoms with van der Waals surface area (Å²) in [5.74, 6) is 2.11. The van der Waals surface area contributed by atoms with Crippen molar-refractivity contribution >= 4 is 11.6 Å². The van der Waals surface area contributed by atoms with Gasteiger partial charge >= 0.3 is 0 Å². The number of nitrogens with zero attached hydrogens (tertiary/aromatic N) is 4. The number of ether oxygens (including phenoxy) is 1. The lowest BCUT2D eigenvalue weighted by Crippen LogP contribution is -2.43. The molecule has 0 bridgehead atoms. The first kappa shape index (κ1) is 16.7. The highest BCUT2D eigenvalue weighted by molar-refractivity contribution is 5.47. The third-order valence-electron chi connectivity index (χ3n) is 4.40. The molecule has 7 nitrogen and oxygen atoms in total. The normalized spacial score (nSPS) is 21.0. The number of aromatic nitrogens is 4. The zero-order valence-electron chi connectivity index (χ0n) is 14.6. The van der Waals surface area contributed by atoms with Gasteiger partial charge in [0, 0.05) is 25.9 Å². The maximum atomic E-state index is 5.93. The highest BCUT2D eigenvalue weighted by atomic mass is 16.5. The Morgan fingerprint density at radius 2 is 2.17 bits per heavy atom. The Bertz CT molecular complexity index is 656. The first-order chi connectivity index (χ1) is 11.6. The van der Waals surface area contributed by atoms with Gasteiger partial charge in [-0.2, -0.15) is 5.10 Å². The molecule has 130 valence electrons. The van der Waals surface area contributed by atoms with Crippen molar-refractivity contribution in [1.29, 1.82) is 0 Å². The van der Waals surface area contributed by atoms with Crippen LogP contribution in [0.15, 0.2) is 24.7 Å². The number of nitrogens with one attached hydrogen (secondary N) is 2. The summed E-state index contributed by atoms with van der Waals surface area (Å²) in [6.45, 7) is 5.92. The fraction of sp³-hybridized carbons (Fsp3) is 0.588. The minimum absolute atomic E-state index is 0.222. The monoisotopic (exact) mass is 330 g/mol. The number of hydrogen-bond acceptors (Lipinski definition) is 6.